The molecule has 3 unspecified atom stereocenters. The average molecular weight is 358 g/mol. The Morgan fingerprint density at radius 1 is 1.44 bits per heavy atom. The van der Waals surface area contributed by atoms with Gasteiger partial charge in [0.1, 0.15) is 19.0 Å². The minimum absolute atomic E-state index is 0.107. The molecule has 3 atom stereocenters. The number of carbonyl (C=O) groups is 1. The molecule has 132 valence electrons. The van der Waals surface area contributed by atoms with Crippen LogP contribution in [0.2, 0.25) is 0 Å². The summed E-state index contributed by atoms with van der Waals surface area (Å²) in [5, 5.41) is 0.358. The summed E-state index contributed by atoms with van der Waals surface area (Å²) in [4.78, 5) is 16.5. The Kier molecular flexibility index (Phi) is 5.18. The standard InChI is InChI=1S/C19H22N2O3S/c1-3-16(24-18(25)21-10-9-20-13-21)15-11-19(15,2)17(22)23-12-14-7-5-4-6-8-14/h4-10,13,15-16H,3,11-12H2,1-2H3. The molecule has 1 aromatic carbocycles. The van der Waals surface area contributed by atoms with Gasteiger partial charge in [-0.2, -0.15) is 0 Å². The molecule has 0 aliphatic heterocycles. The van der Waals surface area contributed by atoms with Gasteiger partial charge in [-0.3, -0.25) is 9.36 Å². The summed E-state index contributed by atoms with van der Waals surface area (Å²) < 4.78 is 13.1. The van der Waals surface area contributed by atoms with Gasteiger partial charge < -0.3 is 9.47 Å². The monoisotopic (exact) mass is 358 g/mol. The quantitative estimate of drug-likeness (QED) is 0.583. The van der Waals surface area contributed by atoms with E-state index in [0.29, 0.717) is 11.8 Å². The van der Waals surface area contributed by atoms with E-state index in [1.54, 1.807) is 23.3 Å². The molecule has 5 nitrogen and oxygen atoms in total. The third kappa shape index (κ3) is 3.90. The van der Waals surface area contributed by atoms with Crippen molar-refractivity contribution in [2.75, 3.05) is 0 Å². The number of esters is 1. The third-order valence-electron chi connectivity index (χ3n) is 4.80. The van der Waals surface area contributed by atoms with Gasteiger partial charge in [0, 0.05) is 18.3 Å². The number of nitrogens with zero attached hydrogens (tertiary/aromatic N) is 2. The molecule has 25 heavy (non-hydrogen) atoms. The molecule has 1 aliphatic rings. The average Bonchev–Trinajstić information content (AvgIpc) is 3.07. The predicted molar refractivity (Wildman–Crippen MR) is 97.8 cm³/mol. The second-order valence-corrected chi connectivity index (χ2v) is 6.94. The first-order chi connectivity index (χ1) is 12.0. The van der Waals surface area contributed by atoms with Gasteiger partial charge >= 0.3 is 5.97 Å². The Morgan fingerprint density at radius 3 is 2.84 bits per heavy atom. The Morgan fingerprint density at radius 2 is 2.20 bits per heavy atom. The Labute approximate surface area is 153 Å². The van der Waals surface area contributed by atoms with Crippen LogP contribution in [0.4, 0.5) is 0 Å². The van der Waals surface area contributed by atoms with Crippen LogP contribution in [-0.4, -0.2) is 26.8 Å². The fourth-order valence-electron chi connectivity index (χ4n) is 3.07. The number of aromatic nitrogens is 2. The van der Waals surface area contributed by atoms with Crippen molar-refractivity contribution in [1.29, 1.82) is 0 Å². The number of hydrogen-bond acceptors (Lipinski definition) is 5. The maximum absolute atomic E-state index is 12.5. The number of benzene rings is 1. The van der Waals surface area contributed by atoms with Gasteiger partial charge in [0.25, 0.3) is 5.17 Å². The number of thiocarbonyl (C=S) groups is 1. The molecule has 2 aromatic rings. The fraction of sp³-hybridized carbons (Fsp3) is 0.421. The van der Waals surface area contributed by atoms with E-state index < -0.39 is 5.41 Å². The zero-order valence-corrected chi connectivity index (χ0v) is 15.2. The number of hydrogen-bond donors (Lipinski definition) is 0. The van der Waals surface area contributed by atoms with Crippen molar-refractivity contribution in [3.8, 4) is 0 Å². The van der Waals surface area contributed by atoms with Crippen molar-refractivity contribution in [3.05, 3.63) is 54.6 Å². The van der Waals surface area contributed by atoms with Crippen molar-refractivity contribution in [3.63, 3.8) is 0 Å². The van der Waals surface area contributed by atoms with Gasteiger partial charge in [0.15, 0.2) is 0 Å². The SMILES string of the molecule is CCC(OC(=S)n1ccnc1)C1CC1(C)C(=O)OCc1ccccc1. The maximum Gasteiger partial charge on any atom is 0.312 e. The van der Waals surface area contributed by atoms with Crippen LogP contribution in [0.25, 0.3) is 0 Å². The second-order valence-electron chi connectivity index (χ2n) is 6.59. The van der Waals surface area contributed by atoms with Gasteiger partial charge in [0.2, 0.25) is 0 Å². The summed E-state index contributed by atoms with van der Waals surface area (Å²) in [5.74, 6) is -0.0563. The number of imidazole rings is 1. The first kappa shape index (κ1) is 17.6. The van der Waals surface area contributed by atoms with E-state index in [4.69, 9.17) is 21.7 Å². The molecule has 0 radical (unpaired) electrons. The molecule has 1 aliphatic carbocycles. The topological polar surface area (TPSA) is 53.4 Å². The lowest BCUT2D eigenvalue weighted by Gasteiger charge is -2.20. The molecule has 0 N–H and O–H groups in total. The van der Waals surface area contributed by atoms with Gasteiger partial charge in [-0.25, -0.2) is 4.98 Å². The van der Waals surface area contributed by atoms with E-state index in [9.17, 15) is 4.79 Å². The van der Waals surface area contributed by atoms with Crippen LogP contribution in [-0.2, 0) is 20.9 Å². The second kappa shape index (κ2) is 7.35. The molecule has 3 rings (SSSR count). The fourth-order valence-corrected chi connectivity index (χ4v) is 3.30. The zero-order chi connectivity index (χ0) is 17.9. The van der Waals surface area contributed by atoms with Gasteiger partial charge in [-0.05, 0) is 37.5 Å². The van der Waals surface area contributed by atoms with Gasteiger partial charge in [0.05, 0.1) is 5.41 Å². The van der Waals surface area contributed by atoms with Gasteiger partial charge in [-0.1, -0.05) is 37.3 Å². The summed E-state index contributed by atoms with van der Waals surface area (Å²) >= 11 is 5.30. The Bertz CT molecular complexity index is 732. The molecule has 1 fully saturated rings. The predicted octanol–water partition coefficient (Wildman–Crippen LogP) is 3.58. The summed E-state index contributed by atoms with van der Waals surface area (Å²) in [6.07, 6.45) is 6.43. The van der Waals surface area contributed by atoms with Crippen molar-refractivity contribution < 1.29 is 14.3 Å². The molecule has 1 saturated carbocycles. The zero-order valence-electron chi connectivity index (χ0n) is 14.4. The minimum atomic E-state index is -0.500. The Balaban J connectivity index is 1.56. The highest BCUT2D eigenvalue weighted by molar-refractivity contribution is 7.80. The summed E-state index contributed by atoms with van der Waals surface area (Å²) in [5.41, 5.74) is 0.487. The summed E-state index contributed by atoms with van der Waals surface area (Å²) in [6.45, 7) is 4.28. The first-order valence-electron chi connectivity index (χ1n) is 8.44. The summed E-state index contributed by atoms with van der Waals surface area (Å²) in [7, 11) is 0. The highest BCUT2D eigenvalue weighted by Crippen LogP contribution is 2.56. The van der Waals surface area contributed by atoms with Crippen molar-refractivity contribution in [2.45, 2.75) is 39.4 Å². The largest absolute Gasteiger partial charge is 0.467 e. The highest BCUT2D eigenvalue weighted by Gasteiger charge is 2.61. The third-order valence-corrected chi connectivity index (χ3v) is 5.11. The highest BCUT2D eigenvalue weighted by atomic mass is 32.1. The molecule has 0 amide bonds. The van der Waals surface area contributed by atoms with Crippen molar-refractivity contribution in [1.82, 2.24) is 9.55 Å². The number of rotatable bonds is 6. The Hall–Kier alpha value is -2.21. The minimum Gasteiger partial charge on any atom is -0.467 e. The molecular weight excluding hydrogens is 336 g/mol. The number of carbonyl (C=O) groups excluding carboxylic acids is 1. The van der Waals surface area contributed by atoms with Crippen LogP contribution in [0.5, 0.6) is 0 Å². The smallest absolute Gasteiger partial charge is 0.312 e. The van der Waals surface area contributed by atoms with E-state index in [1.165, 1.54) is 0 Å². The maximum atomic E-state index is 12.5. The lowest BCUT2D eigenvalue weighted by Crippen LogP contribution is -2.27. The molecular formula is C19H22N2O3S. The number of ether oxygens (including phenoxy) is 2. The van der Waals surface area contributed by atoms with Crippen LogP contribution in [0.15, 0.2) is 49.1 Å². The molecule has 0 bridgehead atoms. The van der Waals surface area contributed by atoms with Gasteiger partial charge in [-0.15, -0.1) is 0 Å². The molecule has 6 heteroatoms. The van der Waals surface area contributed by atoms with E-state index >= 15 is 0 Å². The molecule has 1 heterocycles. The molecule has 1 aromatic heterocycles. The summed E-state index contributed by atoms with van der Waals surface area (Å²) in [6, 6.07) is 9.70. The van der Waals surface area contributed by atoms with Crippen molar-refractivity contribution in [2.24, 2.45) is 11.3 Å². The lowest BCUT2D eigenvalue weighted by molar-refractivity contribution is -0.152. The van der Waals surface area contributed by atoms with E-state index in [2.05, 4.69) is 4.98 Å². The first-order valence-corrected chi connectivity index (χ1v) is 8.85. The van der Waals surface area contributed by atoms with Crippen LogP contribution in [0, 0.1) is 11.3 Å². The van der Waals surface area contributed by atoms with E-state index in [1.807, 2.05) is 44.2 Å². The van der Waals surface area contributed by atoms with Crippen LogP contribution >= 0.6 is 12.2 Å². The van der Waals surface area contributed by atoms with Crippen LogP contribution < -0.4 is 0 Å². The van der Waals surface area contributed by atoms with E-state index in [-0.39, 0.29) is 18.0 Å². The molecule has 0 saturated heterocycles. The molecule has 0 spiro atoms. The van der Waals surface area contributed by atoms with Crippen LogP contribution in [0.3, 0.4) is 0 Å². The van der Waals surface area contributed by atoms with E-state index in [0.717, 1.165) is 18.4 Å². The normalized spacial score (nSPS) is 22.9. The lowest BCUT2D eigenvalue weighted by atomic mass is 10.0. The van der Waals surface area contributed by atoms with Crippen molar-refractivity contribution >= 4 is 23.4 Å². The van der Waals surface area contributed by atoms with Crippen LogP contribution in [0.1, 0.15) is 32.3 Å².